The third-order valence-corrected chi connectivity index (χ3v) is 5.87. The number of hydrogen-bond acceptors (Lipinski definition) is 2. The molecule has 0 atom stereocenters. The first-order chi connectivity index (χ1) is 6.24. The molecule has 0 fully saturated rings. The van der Waals surface area contributed by atoms with Crippen molar-refractivity contribution in [3.05, 3.63) is 0 Å². The third-order valence-electron chi connectivity index (χ3n) is 1.96. The van der Waals surface area contributed by atoms with Gasteiger partial charge in [0.1, 0.15) is 0 Å². The van der Waals surface area contributed by atoms with Crippen molar-refractivity contribution >= 4 is 8.56 Å². The second kappa shape index (κ2) is 5.23. The van der Waals surface area contributed by atoms with Crippen LogP contribution < -0.4 is 0 Å². The van der Waals surface area contributed by atoms with Gasteiger partial charge in [-0.25, -0.2) is 4.39 Å². The summed E-state index contributed by atoms with van der Waals surface area (Å²) >= 11 is 0. The van der Waals surface area contributed by atoms with Gasteiger partial charge in [0.05, 0.1) is 0 Å². The minimum absolute atomic E-state index is 0.101. The van der Waals surface area contributed by atoms with Gasteiger partial charge in [0, 0.05) is 6.10 Å². The second-order valence-electron chi connectivity index (χ2n) is 4.25. The monoisotopic (exact) mass is 222 g/mol. The predicted octanol–water partition coefficient (Wildman–Crippen LogP) is 3.62. The lowest BCUT2D eigenvalue weighted by atomic mass is 10.4. The molecule has 4 heteroatoms. The molecule has 0 unspecified atom stereocenters. The van der Waals surface area contributed by atoms with Crippen LogP contribution in [0, 0.1) is 0 Å². The first-order valence-electron chi connectivity index (χ1n) is 5.31. The fourth-order valence-electron chi connectivity index (χ4n) is 1.46. The first kappa shape index (κ1) is 14.1. The van der Waals surface area contributed by atoms with Crippen molar-refractivity contribution in [1.82, 2.24) is 0 Å². The van der Waals surface area contributed by atoms with E-state index in [1.54, 1.807) is 0 Å². The summed E-state index contributed by atoms with van der Waals surface area (Å²) in [6.45, 7) is 10.8. The quantitative estimate of drug-likeness (QED) is 0.639. The van der Waals surface area contributed by atoms with Crippen molar-refractivity contribution in [3.8, 4) is 0 Å². The van der Waals surface area contributed by atoms with Gasteiger partial charge in [-0.2, -0.15) is 0 Å². The van der Waals surface area contributed by atoms with Gasteiger partial charge in [-0.15, -0.1) is 0 Å². The summed E-state index contributed by atoms with van der Waals surface area (Å²) in [6.07, 6.45) is 0.101. The maximum atomic E-state index is 13.4. The van der Waals surface area contributed by atoms with Gasteiger partial charge in [-0.3, -0.25) is 0 Å². The maximum absolute atomic E-state index is 13.4. The van der Waals surface area contributed by atoms with E-state index in [4.69, 9.17) is 8.85 Å². The summed E-state index contributed by atoms with van der Waals surface area (Å²) in [5, 5.41) is 0. The Morgan fingerprint density at radius 1 is 1.21 bits per heavy atom. The summed E-state index contributed by atoms with van der Waals surface area (Å²) in [4.78, 5) is 0. The lowest BCUT2D eigenvalue weighted by molar-refractivity contribution is -0.0626. The molecule has 0 aromatic heterocycles. The highest BCUT2D eigenvalue weighted by Crippen LogP contribution is 2.27. The van der Waals surface area contributed by atoms with Crippen molar-refractivity contribution in [2.24, 2.45) is 0 Å². The predicted molar refractivity (Wildman–Crippen MR) is 59.2 cm³/mol. The Morgan fingerprint density at radius 3 is 1.86 bits per heavy atom. The SMILES string of the molecule is CC[Si](CC)(OC(C)C)OC(C)(C)F. The smallest absolute Gasteiger partial charge is 0.340 e. The van der Waals surface area contributed by atoms with Crippen molar-refractivity contribution < 1.29 is 13.2 Å². The summed E-state index contributed by atoms with van der Waals surface area (Å²) in [7, 11) is -2.32. The van der Waals surface area contributed by atoms with Crippen molar-refractivity contribution in [2.45, 2.75) is 65.6 Å². The van der Waals surface area contributed by atoms with E-state index >= 15 is 0 Å². The Morgan fingerprint density at radius 2 is 1.64 bits per heavy atom. The molecular weight excluding hydrogens is 199 g/mol. The first-order valence-corrected chi connectivity index (χ1v) is 7.54. The zero-order valence-electron chi connectivity index (χ0n) is 10.2. The molecule has 0 amide bonds. The van der Waals surface area contributed by atoms with E-state index in [0.717, 1.165) is 12.1 Å². The van der Waals surface area contributed by atoms with E-state index < -0.39 is 14.4 Å². The van der Waals surface area contributed by atoms with E-state index in [9.17, 15) is 4.39 Å². The van der Waals surface area contributed by atoms with Crippen LogP contribution in [0.2, 0.25) is 12.1 Å². The normalized spacial score (nSPS) is 13.7. The van der Waals surface area contributed by atoms with Gasteiger partial charge in [-0.05, 0) is 39.8 Å². The van der Waals surface area contributed by atoms with Crippen LogP contribution in [0.1, 0.15) is 41.5 Å². The van der Waals surface area contributed by atoms with Gasteiger partial charge in [0.2, 0.25) is 0 Å². The summed E-state index contributed by atoms with van der Waals surface area (Å²) in [6, 6.07) is 1.57. The van der Waals surface area contributed by atoms with Gasteiger partial charge in [0.15, 0.2) is 5.85 Å². The van der Waals surface area contributed by atoms with Gasteiger partial charge in [0.25, 0.3) is 0 Å². The molecule has 0 aliphatic heterocycles. The molecule has 0 aromatic rings. The fraction of sp³-hybridized carbons (Fsp3) is 1.00. The molecule has 0 aliphatic carbocycles. The minimum atomic E-state index is -2.32. The molecule has 0 aliphatic rings. The topological polar surface area (TPSA) is 18.5 Å². The van der Waals surface area contributed by atoms with E-state index in [0.29, 0.717) is 0 Å². The lowest BCUT2D eigenvalue weighted by Gasteiger charge is -2.34. The average molecular weight is 222 g/mol. The van der Waals surface area contributed by atoms with Gasteiger partial charge in [-0.1, -0.05) is 13.8 Å². The lowest BCUT2D eigenvalue weighted by Crippen LogP contribution is -2.47. The highest BCUT2D eigenvalue weighted by Gasteiger charge is 2.40. The van der Waals surface area contributed by atoms with Crippen LogP contribution in [0.25, 0.3) is 0 Å². The molecule has 0 radical (unpaired) electrons. The largest absolute Gasteiger partial charge is 0.392 e. The average Bonchev–Trinajstić information content (AvgIpc) is 1.99. The molecule has 0 saturated heterocycles. The van der Waals surface area contributed by atoms with Crippen molar-refractivity contribution in [1.29, 1.82) is 0 Å². The molecule has 0 heterocycles. The van der Waals surface area contributed by atoms with Crippen molar-refractivity contribution in [2.75, 3.05) is 0 Å². The molecule has 0 spiro atoms. The van der Waals surface area contributed by atoms with Crippen LogP contribution in [-0.4, -0.2) is 20.5 Å². The van der Waals surface area contributed by atoms with Crippen LogP contribution in [-0.2, 0) is 8.85 Å². The zero-order chi connectivity index (χ0) is 11.4. The Bertz CT molecular complexity index is 162. The number of alkyl halides is 1. The van der Waals surface area contributed by atoms with E-state index in [1.165, 1.54) is 13.8 Å². The van der Waals surface area contributed by atoms with Crippen molar-refractivity contribution in [3.63, 3.8) is 0 Å². The fourth-order valence-corrected chi connectivity index (χ4v) is 4.37. The number of halogens is 1. The summed E-state index contributed by atoms with van der Waals surface area (Å²) < 4.78 is 24.7. The van der Waals surface area contributed by atoms with Crippen LogP contribution in [0.5, 0.6) is 0 Å². The zero-order valence-corrected chi connectivity index (χ0v) is 11.2. The van der Waals surface area contributed by atoms with Crippen LogP contribution in [0.3, 0.4) is 0 Å². The Balaban J connectivity index is 4.53. The Kier molecular flexibility index (Phi) is 5.26. The van der Waals surface area contributed by atoms with Crippen LogP contribution >= 0.6 is 0 Å². The molecule has 14 heavy (non-hydrogen) atoms. The van der Waals surface area contributed by atoms with Gasteiger partial charge >= 0.3 is 8.56 Å². The summed E-state index contributed by atoms with van der Waals surface area (Å²) in [5.74, 6) is -1.59. The molecule has 0 aromatic carbocycles. The van der Waals surface area contributed by atoms with Crippen LogP contribution in [0.15, 0.2) is 0 Å². The number of hydrogen-bond donors (Lipinski definition) is 0. The highest BCUT2D eigenvalue weighted by atomic mass is 28.4. The summed E-state index contributed by atoms with van der Waals surface area (Å²) in [5.41, 5.74) is 0. The van der Waals surface area contributed by atoms with E-state index in [1.807, 2.05) is 27.7 Å². The molecule has 0 rings (SSSR count). The highest BCUT2D eigenvalue weighted by molar-refractivity contribution is 6.67. The molecule has 0 N–H and O–H groups in total. The van der Waals surface area contributed by atoms with E-state index in [-0.39, 0.29) is 6.10 Å². The molecule has 0 bridgehead atoms. The second-order valence-corrected chi connectivity index (χ2v) is 7.93. The Labute approximate surface area is 88.0 Å². The number of rotatable bonds is 6. The van der Waals surface area contributed by atoms with Gasteiger partial charge < -0.3 is 8.85 Å². The molecular formula is C10H23FO2Si. The molecule has 86 valence electrons. The Hall–Kier alpha value is 0.0669. The van der Waals surface area contributed by atoms with Crippen LogP contribution in [0.4, 0.5) is 4.39 Å². The molecule has 2 nitrogen and oxygen atoms in total. The van der Waals surface area contributed by atoms with E-state index in [2.05, 4.69) is 0 Å². The maximum Gasteiger partial charge on any atom is 0.340 e. The third kappa shape index (κ3) is 5.07. The standard InChI is InChI=1S/C10H23FO2Si/c1-7-14(8-2,12-9(3)4)13-10(5,6)11/h9H,7-8H2,1-6H3. The minimum Gasteiger partial charge on any atom is -0.392 e. The molecule has 0 saturated carbocycles.